The van der Waals surface area contributed by atoms with Gasteiger partial charge in [-0.1, -0.05) is 6.07 Å². The van der Waals surface area contributed by atoms with Crippen LogP contribution >= 0.6 is 11.3 Å². The second-order valence-corrected chi connectivity index (χ2v) is 6.60. The third kappa shape index (κ3) is 3.32. The lowest BCUT2D eigenvalue weighted by Crippen LogP contribution is -2.28. The van der Waals surface area contributed by atoms with Gasteiger partial charge in [0.05, 0.1) is 18.2 Å². The Hall–Kier alpha value is -2.46. The van der Waals surface area contributed by atoms with Crippen LogP contribution in [-0.2, 0) is 0 Å². The van der Waals surface area contributed by atoms with Crippen LogP contribution in [0.2, 0.25) is 0 Å². The van der Waals surface area contributed by atoms with E-state index in [4.69, 9.17) is 5.26 Å². The van der Waals surface area contributed by atoms with E-state index in [2.05, 4.69) is 11.1 Å². The van der Waals surface area contributed by atoms with Crippen molar-refractivity contribution in [3.05, 3.63) is 45.7 Å². The summed E-state index contributed by atoms with van der Waals surface area (Å²) in [5.41, 5.74) is 1.31. The van der Waals surface area contributed by atoms with Crippen LogP contribution in [0.25, 0.3) is 5.69 Å². The number of hydrogen-bond donors (Lipinski definition) is 0. The molecule has 0 bridgehead atoms. The van der Waals surface area contributed by atoms with Gasteiger partial charge in [-0.2, -0.15) is 10.3 Å². The molecule has 1 fully saturated rings. The molecule has 1 unspecified atom stereocenters. The number of urea groups is 1. The van der Waals surface area contributed by atoms with Crippen molar-refractivity contribution in [1.82, 2.24) is 9.47 Å². The Morgan fingerprint density at radius 1 is 1.52 bits per heavy atom. The molecular formula is C16H15FN4OS. The van der Waals surface area contributed by atoms with Crippen LogP contribution in [0.1, 0.15) is 16.9 Å². The number of likely N-dealkylation sites (tertiary alicyclic amines) is 1. The molecule has 0 radical (unpaired) electrons. The molecule has 2 amide bonds. The smallest absolute Gasteiger partial charge is 0.320 e. The molecule has 0 aliphatic carbocycles. The van der Waals surface area contributed by atoms with E-state index in [1.165, 1.54) is 16.2 Å². The third-order valence-corrected chi connectivity index (χ3v) is 4.51. The first-order chi connectivity index (χ1) is 11.1. The van der Waals surface area contributed by atoms with Crippen LogP contribution in [0.15, 0.2) is 35.5 Å². The van der Waals surface area contributed by atoms with Crippen LogP contribution < -0.4 is 4.80 Å². The second kappa shape index (κ2) is 6.34. The van der Waals surface area contributed by atoms with Gasteiger partial charge in [0.2, 0.25) is 0 Å². The number of benzene rings is 1. The number of carbonyl (C=O) groups is 1. The van der Waals surface area contributed by atoms with Crippen molar-refractivity contribution in [2.45, 2.75) is 19.5 Å². The number of thiazole rings is 1. The van der Waals surface area contributed by atoms with Crippen molar-refractivity contribution >= 4 is 17.4 Å². The number of halogens is 1. The monoisotopic (exact) mass is 330 g/mol. The quantitative estimate of drug-likeness (QED) is 0.807. The number of alkyl halides is 1. The van der Waals surface area contributed by atoms with Crippen molar-refractivity contribution in [1.29, 1.82) is 5.26 Å². The van der Waals surface area contributed by atoms with Gasteiger partial charge < -0.3 is 4.90 Å². The fourth-order valence-corrected chi connectivity index (χ4v) is 3.31. The number of rotatable bonds is 1. The maximum absolute atomic E-state index is 13.2. The molecule has 1 aromatic carbocycles. The minimum atomic E-state index is -0.960. The summed E-state index contributed by atoms with van der Waals surface area (Å²) in [4.78, 5) is 19.3. The Balaban J connectivity index is 1.99. The Morgan fingerprint density at radius 2 is 2.35 bits per heavy atom. The molecule has 2 heterocycles. The maximum Gasteiger partial charge on any atom is 0.346 e. The van der Waals surface area contributed by atoms with Gasteiger partial charge in [-0.3, -0.25) is 4.57 Å². The summed E-state index contributed by atoms with van der Waals surface area (Å²) in [7, 11) is 0. The summed E-state index contributed by atoms with van der Waals surface area (Å²) >= 11 is 1.38. The van der Waals surface area contributed by atoms with E-state index in [1.807, 2.05) is 19.2 Å². The summed E-state index contributed by atoms with van der Waals surface area (Å²) in [5.74, 6) is 0. The number of amides is 2. The van der Waals surface area contributed by atoms with Gasteiger partial charge in [0.15, 0.2) is 4.80 Å². The summed E-state index contributed by atoms with van der Waals surface area (Å²) in [5, 5.41) is 9.02. The molecule has 118 valence electrons. The largest absolute Gasteiger partial charge is 0.346 e. The second-order valence-electron chi connectivity index (χ2n) is 5.38. The summed E-state index contributed by atoms with van der Waals surface area (Å²) in [6, 6.07) is 8.77. The van der Waals surface area contributed by atoms with Crippen LogP contribution in [-0.4, -0.2) is 34.8 Å². The minimum absolute atomic E-state index is 0.108. The van der Waals surface area contributed by atoms with Gasteiger partial charge in [-0.25, -0.2) is 9.18 Å². The average molecular weight is 330 g/mol. The predicted molar refractivity (Wildman–Crippen MR) is 85.1 cm³/mol. The number of hydrogen-bond acceptors (Lipinski definition) is 3. The SMILES string of the molecule is Cc1cn(-c2cccc(C#N)c2)/c(=N/C(=O)N2CCC(F)C2)s1. The van der Waals surface area contributed by atoms with Crippen LogP contribution in [0.3, 0.4) is 0 Å². The van der Waals surface area contributed by atoms with Crippen molar-refractivity contribution in [2.75, 3.05) is 13.1 Å². The molecule has 1 saturated heterocycles. The van der Waals surface area contributed by atoms with Crippen LogP contribution in [0.4, 0.5) is 9.18 Å². The first-order valence-corrected chi connectivity index (χ1v) is 8.06. The van der Waals surface area contributed by atoms with E-state index in [0.29, 0.717) is 23.3 Å². The Kier molecular flexibility index (Phi) is 4.26. The van der Waals surface area contributed by atoms with Crippen molar-refractivity contribution in [2.24, 2.45) is 4.99 Å². The Bertz CT molecular complexity index is 848. The highest BCUT2D eigenvalue weighted by atomic mass is 32.1. The van der Waals surface area contributed by atoms with Gasteiger partial charge in [-0.15, -0.1) is 11.3 Å². The summed E-state index contributed by atoms with van der Waals surface area (Å²) in [6.45, 7) is 2.43. The maximum atomic E-state index is 13.2. The predicted octanol–water partition coefficient (Wildman–Crippen LogP) is 2.78. The number of nitrogens with zero attached hydrogens (tertiary/aromatic N) is 4. The van der Waals surface area contributed by atoms with Gasteiger partial charge in [0.1, 0.15) is 6.17 Å². The molecule has 2 aromatic rings. The molecule has 7 heteroatoms. The van der Waals surface area contributed by atoms with Crippen LogP contribution in [0, 0.1) is 18.3 Å². The molecule has 1 aromatic heterocycles. The van der Waals surface area contributed by atoms with Crippen molar-refractivity contribution in [3.8, 4) is 11.8 Å². The molecule has 5 nitrogen and oxygen atoms in total. The number of aryl methyl sites for hydroxylation is 1. The fraction of sp³-hybridized carbons (Fsp3) is 0.312. The highest BCUT2D eigenvalue weighted by Crippen LogP contribution is 2.14. The molecular weight excluding hydrogens is 315 g/mol. The minimum Gasteiger partial charge on any atom is -0.320 e. The summed E-state index contributed by atoms with van der Waals surface area (Å²) < 4.78 is 15.0. The molecule has 1 aliphatic rings. The van der Waals surface area contributed by atoms with Crippen molar-refractivity contribution in [3.63, 3.8) is 0 Å². The first-order valence-electron chi connectivity index (χ1n) is 7.24. The fourth-order valence-electron chi connectivity index (χ4n) is 2.49. The normalized spacial score (nSPS) is 18.2. The van der Waals surface area contributed by atoms with E-state index in [9.17, 15) is 9.18 Å². The van der Waals surface area contributed by atoms with E-state index >= 15 is 0 Å². The molecule has 0 spiro atoms. The zero-order chi connectivity index (χ0) is 16.4. The van der Waals surface area contributed by atoms with Gasteiger partial charge in [0.25, 0.3) is 0 Å². The molecule has 0 N–H and O–H groups in total. The van der Waals surface area contributed by atoms with Gasteiger partial charge in [0, 0.05) is 23.3 Å². The highest BCUT2D eigenvalue weighted by Gasteiger charge is 2.25. The average Bonchev–Trinajstić information content (AvgIpc) is 3.13. The number of carbonyl (C=O) groups excluding carboxylic acids is 1. The Labute approximate surface area is 136 Å². The first kappa shape index (κ1) is 15.4. The third-order valence-electron chi connectivity index (χ3n) is 3.62. The van der Waals surface area contributed by atoms with E-state index in [0.717, 1.165) is 10.6 Å². The lowest BCUT2D eigenvalue weighted by atomic mass is 10.2. The standard InChI is InChI=1S/C16H15FN4OS/c1-11-9-21(14-4-2-3-12(7-14)8-18)16(23-11)19-15(22)20-6-5-13(17)10-20/h2-4,7,9,13H,5-6,10H2,1H3/b19-16-. The number of aromatic nitrogens is 1. The molecule has 1 aliphatic heterocycles. The molecule has 1 atom stereocenters. The lowest BCUT2D eigenvalue weighted by Gasteiger charge is -2.10. The van der Waals surface area contributed by atoms with E-state index in [1.54, 1.807) is 22.8 Å². The zero-order valence-electron chi connectivity index (χ0n) is 12.6. The van der Waals surface area contributed by atoms with E-state index < -0.39 is 12.2 Å². The zero-order valence-corrected chi connectivity index (χ0v) is 13.4. The van der Waals surface area contributed by atoms with Gasteiger partial charge >= 0.3 is 6.03 Å². The van der Waals surface area contributed by atoms with Crippen molar-refractivity contribution < 1.29 is 9.18 Å². The highest BCUT2D eigenvalue weighted by molar-refractivity contribution is 7.09. The van der Waals surface area contributed by atoms with E-state index in [-0.39, 0.29) is 6.54 Å². The van der Waals surface area contributed by atoms with Crippen LogP contribution in [0.5, 0.6) is 0 Å². The Morgan fingerprint density at radius 3 is 3.04 bits per heavy atom. The topological polar surface area (TPSA) is 61.4 Å². The van der Waals surface area contributed by atoms with Gasteiger partial charge in [-0.05, 0) is 31.5 Å². The molecule has 0 saturated carbocycles. The summed E-state index contributed by atoms with van der Waals surface area (Å²) in [6.07, 6.45) is 1.28. The number of nitriles is 1. The molecule has 23 heavy (non-hydrogen) atoms. The lowest BCUT2D eigenvalue weighted by molar-refractivity contribution is 0.213. The molecule has 3 rings (SSSR count).